The van der Waals surface area contributed by atoms with Gasteiger partial charge in [0.1, 0.15) is 12.4 Å². The van der Waals surface area contributed by atoms with Crippen LogP contribution in [-0.2, 0) is 4.79 Å². The molecule has 1 aromatic carbocycles. The van der Waals surface area contributed by atoms with Gasteiger partial charge >= 0.3 is 0 Å². The molecule has 0 aliphatic carbocycles. The average molecular weight is 350 g/mol. The van der Waals surface area contributed by atoms with Crippen molar-refractivity contribution in [2.24, 2.45) is 0 Å². The van der Waals surface area contributed by atoms with Crippen molar-refractivity contribution in [1.82, 2.24) is 10.6 Å². The number of nitrogens with one attached hydrogen (secondary N) is 2. The number of rotatable bonds is 5. The first-order valence-corrected chi connectivity index (χ1v) is 6.94. The van der Waals surface area contributed by atoms with Crippen LogP contribution in [0.15, 0.2) is 28.7 Å². The number of amides is 1. The zero-order valence-corrected chi connectivity index (χ0v) is 12.9. The Balaban J connectivity index is 0.00000180. The molecule has 1 aliphatic heterocycles. The van der Waals surface area contributed by atoms with Gasteiger partial charge in [-0.25, -0.2) is 0 Å². The topological polar surface area (TPSA) is 50.4 Å². The van der Waals surface area contributed by atoms with Crippen molar-refractivity contribution in [3.8, 4) is 5.75 Å². The lowest BCUT2D eigenvalue weighted by Gasteiger charge is -2.11. The van der Waals surface area contributed by atoms with E-state index in [-0.39, 0.29) is 24.4 Å². The molecule has 1 amide bonds. The molecular weight excluding hydrogens is 332 g/mol. The van der Waals surface area contributed by atoms with Crippen LogP contribution in [0.3, 0.4) is 0 Å². The standard InChI is InChI=1S/C13H17BrN2O2.ClH/c14-10-3-1-4-11(9-10)18-8-7-16-13(17)12-5-2-6-15-12;/h1,3-4,9,12,15H,2,5-8H2,(H,16,17);1H. The molecule has 1 fully saturated rings. The molecule has 0 radical (unpaired) electrons. The van der Waals surface area contributed by atoms with Gasteiger partial charge in [-0.1, -0.05) is 22.0 Å². The van der Waals surface area contributed by atoms with Gasteiger partial charge < -0.3 is 15.4 Å². The Morgan fingerprint density at radius 2 is 2.37 bits per heavy atom. The highest BCUT2D eigenvalue weighted by Gasteiger charge is 2.21. The number of carbonyl (C=O) groups excluding carboxylic acids is 1. The molecule has 6 heteroatoms. The molecule has 19 heavy (non-hydrogen) atoms. The Bertz CT molecular complexity index is 411. The van der Waals surface area contributed by atoms with E-state index in [2.05, 4.69) is 26.6 Å². The van der Waals surface area contributed by atoms with E-state index in [0.717, 1.165) is 29.6 Å². The third-order valence-corrected chi connectivity index (χ3v) is 3.34. The fourth-order valence-electron chi connectivity index (χ4n) is 1.93. The summed E-state index contributed by atoms with van der Waals surface area (Å²) in [5.41, 5.74) is 0. The van der Waals surface area contributed by atoms with Crippen LogP contribution < -0.4 is 15.4 Å². The lowest BCUT2D eigenvalue weighted by molar-refractivity contribution is -0.122. The van der Waals surface area contributed by atoms with Crippen LogP contribution >= 0.6 is 28.3 Å². The lowest BCUT2D eigenvalue weighted by atomic mass is 10.2. The molecule has 1 heterocycles. The number of hydrogen-bond donors (Lipinski definition) is 2. The number of hydrogen-bond acceptors (Lipinski definition) is 3. The predicted molar refractivity (Wildman–Crippen MR) is 80.9 cm³/mol. The number of benzene rings is 1. The average Bonchev–Trinajstić information content (AvgIpc) is 2.88. The summed E-state index contributed by atoms with van der Waals surface area (Å²) in [6, 6.07) is 7.64. The predicted octanol–water partition coefficient (Wildman–Crippen LogP) is 2.12. The highest BCUT2D eigenvalue weighted by atomic mass is 79.9. The van der Waals surface area contributed by atoms with Crippen LogP contribution in [0.2, 0.25) is 0 Å². The van der Waals surface area contributed by atoms with Crippen molar-refractivity contribution in [1.29, 1.82) is 0 Å². The first-order valence-electron chi connectivity index (χ1n) is 6.15. The van der Waals surface area contributed by atoms with E-state index >= 15 is 0 Å². The Morgan fingerprint density at radius 3 is 3.05 bits per heavy atom. The fraction of sp³-hybridized carbons (Fsp3) is 0.462. The highest BCUT2D eigenvalue weighted by molar-refractivity contribution is 9.10. The Kier molecular flexibility index (Phi) is 7.20. The second-order valence-corrected chi connectivity index (χ2v) is 5.16. The maximum absolute atomic E-state index is 11.7. The molecule has 106 valence electrons. The monoisotopic (exact) mass is 348 g/mol. The first-order chi connectivity index (χ1) is 8.75. The summed E-state index contributed by atoms with van der Waals surface area (Å²) < 4.78 is 6.52. The number of ether oxygens (including phenoxy) is 1. The van der Waals surface area contributed by atoms with Crippen molar-refractivity contribution < 1.29 is 9.53 Å². The van der Waals surface area contributed by atoms with E-state index in [0.29, 0.717) is 13.2 Å². The molecule has 0 aromatic heterocycles. The minimum atomic E-state index is -0.0177. The fourth-order valence-corrected chi connectivity index (χ4v) is 2.31. The quantitative estimate of drug-likeness (QED) is 0.801. The summed E-state index contributed by atoms with van der Waals surface area (Å²) in [5, 5.41) is 6.03. The van der Waals surface area contributed by atoms with Crippen LogP contribution in [-0.4, -0.2) is 31.6 Å². The van der Waals surface area contributed by atoms with Crippen LogP contribution in [0.25, 0.3) is 0 Å². The smallest absolute Gasteiger partial charge is 0.237 e. The second kappa shape index (κ2) is 8.40. The maximum Gasteiger partial charge on any atom is 0.237 e. The minimum Gasteiger partial charge on any atom is -0.492 e. The Morgan fingerprint density at radius 1 is 1.53 bits per heavy atom. The van der Waals surface area contributed by atoms with Crippen molar-refractivity contribution in [2.45, 2.75) is 18.9 Å². The van der Waals surface area contributed by atoms with Crippen LogP contribution in [0.5, 0.6) is 5.75 Å². The largest absolute Gasteiger partial charge is 0.492 e. The highest BCUT2D eigenvalue weighted by Crippen LogP contribution is 2.17. The molecule has 1 aliphatic rings. The molecule has 1 saturated heterocycles. The van der Waals surface area contributed by atoms with Gasteiger partial charge in [0.2, 0.25) is 5.91 Å². The summed E-state index contributed by atoms with van der Waals surface area (Å²) in [5.74, 6) is 0.878. The van der Waals surface area contributed by atoms with Crippen molar-refractivity contribution in [2.75, 3.05) is 19.7 Å². The Hall–Kier alpha value is -0.780. The zero-order valence-electron chi connectivity index (χ0n) is 10.5. The zero-order chi connectivity index (χ0) is 12.8. The molecule has 2 N–H and O–H groups in total. The third kappa shape index (κ3) is 5.38. The van der Waals surface area contributed by atoms with E-state index in [9.17, 15) is 4.79 Å². The SMILES string of the molecule is Cl.O=C(NCCOc1cccc(Br)c1)C1CCCN1. The van der Waals surface area contributed by atoms with E-state index in [4.69, 9.17) is 4.74 Å². The summed E-state index contributed by atoms with van der Waals surface area (Å²) in [4.78, 5) is 11.7. The van der Waals surface area contributed by atoms with Gasteiger partial charge in [0.15, 0.2) is 0 Å². The number of carbonyl (C=O) groups is 1. The molecule has 1 aromatic rings. The van der Waals surface area contributed by atoms with E-state index in [1.807, 2.05) is 24.3 Å². The van der Waals surface area contributed by atoms with Crippen molar-refractivity contribution in [3.05, 3.63) is 28.7 Å². The van der Waals surface area contributed by atoms with Gasteiger partial charge in [-0.15, -0.1) is 12.4 Å². The van der Waals surface area contributed by atoms with Crippen LogP contribution in [0, 0.1) is 0 Å². The molecule has 0 saturated carbocycles. The minimum absolute atomic E-state index is 0. The van der Waals surface area contributed by atoms with Gasteiger partial charge in [-0.05, 0) is 37.6 Å². The first kappa shape index (κ1) is 16.3. The molecule has 2 rings (SSSR count). The molecule has 1 unspecified atom stereocenters. The molecule has 1 atom stereocenters. The number of halogens is 2. The van der Waals surface area contributed by atoms with Gasteiger partial charge in [-0.2, -0.15) is 0 Å². The summed E-state index contributed by atoms with van der Waals surface area (Å²) in [6.45, 7) is 1.95. The van der Waals surface area contributed by atoms with Gasteiger partial charge in [-0.3, -0.25) is 4.79 Å². The Labute approximate surface area is 127 Å². The van der Waals surface area contributed by atoms with Gasteiger partial charge in [0, 0.05) is 4.47 Å². The third-order valence-electron chi connectivity index (χ3n) is 2.84. The van der Waals surface area contributed by atoms with Crippen molar-refractivity contribution >= 4 is 34.2 Å². The normalized spacial score (nSPS) is 17.6. The maximum atomic E-state index is 11.7. The van der Waals surface area contributed by atoms with E-state index < -0.39 is 0 Å². The molecule has 0 bridgehead atoms. The van der Waals surface area contributed by atoms with E-state index in [1.165, 1.54) is 0 Å². The molecule has 0 spiro atoms. The van der Waals surface area contributed by atoms with Gasteiger partial charge in [0.25, 0.3) is 0 Å². The molecule has 4 nitrogen and oxygen atoms in total. The summed E-state index contributed by atoms with van der Waals surface area (Å²) in [6.07, 6.45) is 2.00. The lowest BCUT2D eigenvalue weighted by Crippen LogP contribution is -2.41. The molecular formula is C13H18BrClN2O2. The summed E-state index contributed by atoms with van der Waals surface area (Å²) >= 11 is 3.38. The summed E-state index contributed by atoms with van der Waals surface area (Å²) in [7, 11) is 0. The van der Waals surface area contributed by atoms with Crippen LogP contribution in [0.1, 0.15) is 12.8 Å². The van der Waals surface area contributed by atoms with Crippen LogP contribution in [0.4, 0.5) is 0 Å². The second-order valence-electron chi connectivity index (χ2n) is 4.25. The van der Waals surface area contributed by atoms with Crippen molar-refractivity contribution in [3.63, 3.8) is 0 Å². The van der Waals surface area contributed by atoms with Gasteiger partial charge in [0.05, 0.1) is 12.6 Å². The van der Waals surface area contributed by atoms with E-state index in [1.54, 1.807) is 0 Å².